The number of fused-ring (bicyclic) bond motifs is 2. The largest absolute Gasteiger partial charge is 0.492 e. The molecule has 4 rings (SSSR count). The molecule has 4 aromatic carbocycles. The van der Waals surface area contributed by atoms with Gasteiger partial charge in [-0.05, 0) is 34.4 Å². The second kappa shape index (κ2) is 7.39. The lowest BCUT2D eigenvalue weighted by atomic mass is 10.1. The highest BCUT2D eigenvalue weighted by atomic mass is 32.2. The van der Waals surface area contributed by atoms with Crippen molar-refractivity contribution in [3.8, 4) is 5.75 Å². The number of sulfonamides is 1. The molecule has 1 N–H and O–H groups in total. The van der Waals surface area contributed by atoms with E-state index in [9.17, 15) is 8.42 Å². The zero-order valence-corrected chi connectivity index (χ0v) is 15.4. The average Bonchev–Trinajstić information content (AvgIpc) is 2.71. The molecule has 5 heteroatoms. The van der Waals surface area contributed by atoms with Crippen molar-refractivity contribution >= 4 is 31.6 Å². The maximum atomic E-state index is 12.5. The molecule has 27 heavy (non-hydrogen) atoms. The molecule has 0 radical (unpaired) electrons. The van der Waals surface area contributed by atoms with Gasteiger partial charge in [-0.3, -0.25) is 0 Å². The van der Waals surface area contributed by atoms with Crippen LogP contribution in [0.15, 0.2) is 89.8 Å². The van der Waals surface area contributed by atoms with Crippen LogP contribution < -0.4 is 9.46 Å². The van der Waals surface area contributed by atoms with Crippen molar-refractivity contribution in [2.45, 2.75) is 4.90 Å². The highest BCUT2D eigenvalue weighted by Crippen LogP contribution is 2.25. The van der Waals surface area contributed by atoms with Crippen LogP contribution in [-0.4, -0.2) is 21.6 Å². The van der Waals surface area contributed by atoms with Gasteiger partial charge in [0.1, 0.15) is 12.4 Å². The van der Waals surface area contributed by atoms with E-state index in [4.69, 9.17) is 4.74 Å². The van der Waals surface area contributed by atoms with Crippen LogP contribution in [0.1, 0.15) is 0 Å². The van der Waals surface area contributed by atoms with Gasteiger partial charge in [0.25, 0.3) is 0 Å². The molecule has 0 aliphatic carbocycles. The fraction of sp³-hybridized carbons (Fsp3) is 0.0909. The van der Waals surface area contributed by atoms with Crippen LogP contribution in [0, 0.1) is 0 Å². The van der Waals surface area contributed by atoms with Gasteiger partial charge in [0.05, 0.1) is 4.90 Å². The number of hydrogen-bond acceptors (Lipinski definition) is 3. The van der Waals surface area contributed by atoms with Crippen molar-refractivity contribution in [2.24, 2.45) is 0 Å². The SMILES string of the molecule is O=S(=O)(NCCOc1cccc2ccccc12)c1ccc2ccccc2c1. The Morgan fingerprint density at radius 3 is 2.30 bits per heavy atom. The minimum atomic E-state index is -3.58. The van der Waals surface area contributed by atoms with E-state index in [0.29, 0.717) is 0 Å². The van der Waals surface area contributed by atoms with Gasteiger partial charge in [0.2, 0.25) is 10.0 Å². The van der Waals surface area contributed by atoms with Crippen molar-refractivity contribution in [2.75, 3.05) is 13.2 Å². The van der Waals surface area contributed by atoms with Gasteiger partial charge < -0.3 is 4.74 Å². The summed E-state index contributed by atoms with van der Waals surface area (Å²) in [5, 5.41) is 4.01. The number of benzene rings is 4. The van der Waals surface area contributed by atoms with Crippen LogP contribution in [0.2, 0.25) is 0 Å². The molecule has 0 aliphatic heterocycles. The standard InChI is InChI=1S/C22H19NO3S/c24-27(25,20-13-12-17-6-1-2-8-19(17)16-20)23-14-15-26-22-11-5-9-18-7-3-4-10-21(18)22/h1-13,16,23H,14-15H2. The summed E-state index contributed by atoms with van der Waals surface area (Å²) in [7, 11) is -3.58. The van der Waals surface area contributed by atoms with Crippen molar-refractivity contribution < 1.29 is 13.2 Å². The average molecular weight is 377 g/mol. The lowest BCUT2D eigenvalue weighted by Crippen LogP contribution is -2.28. The summed E-state index contributed by atoms with van der Waals surface area (Å²) in [4.78, 5) is 0.256. The van der Waals surface area contributed by atoms with Crippen molar-refractivity contribution in [3.63, 3.8) is 0 Å². The van der Waals surface area contributed by atoms with E-state index in [0.717, 1.165) is 27.3 Å². The predicted octanol–water partition coefficient (Wildman–Crippen LogP) is 4.35. The van der Waals surface area contributed by atoms with Crippen LogP contribution in [-0.2, 0) is 10.0 Å². The minimum absolute atomic E-state index is 0.193. The lowest BCUT2D eigenvalue weighted by molar-refractivity contribution is 0.326. The molecule has 0 heterocycles. The van der Waals surface area contributed by atoms with Crippen LogP contribution >= 0.6 is 0 Å². The summed E-state index contributed by atoms with van der Waals surface area (Å²) < 4.78 is 33.5. The molecule has 0 atom stereocenters. The van der Waals surface area contributed by atoms with Crippen molar-refractivity contribution in [1.82, 2.24) is 4.72 Å². The monoisotopic (exact) mass is 377 g/mol. The third-order valence-corrected chi connectivity index (χ3v) is 5.89. The second-order valence-electron chi connectivity index (χ2n) is 6.23. The first kappa shape index (κ1) is 17.5. The lowest BCUT2D eigenvalue weighted by Gasteiger charge is -2.11. The van der Waals surface area contributed by atoms with Gasteiger partial charge >= 0.3 is 0 Å². The van der Waals surface area contributed by atoms with Gasteiger partial charge in [-0.25, -0.2) is 13.1 Å². The molecule has 0 amide bonds. The van der Waals surface area contributed by atoms with Gasteiger partial charge in [0, 0.05) is 11.9 Å². The fourth-order valence-corrected chi connectivity index (χ4v) is 4.12. The predicted molar refractivity (Wildman–Crippen MR) is 109 cm³/mol. The van der Waals surface area contributed by atoms with Gasteiger partial charge in [-0.15, -0.1) is 0 Å². The zero-order valence-electron chi connectivity index (χ0n) is 14.6. The molecule has 0 spiro atoms. The molecule has 0 bridgehead atoms. The van der Waals surface area contributed by atoms with Crippen LogP contribution in [0.5, 0.6) is 5.75 Å². The molecule has 0 fully saturated rings. The summed E-state index contributed by atoms with van der Waals surface area (Å²) >= 11 is 0. The molecule has 0 saturated heterocycles. The molecule has 4 nitrogen and oxygen atoms in total. The first-order chi connectivity index (χ1) is 13.1. The maximum Gasteiger partial charge on any atom is 0.240 e. The number of nitrogens with one attached hydrogen (secondary N) is 1. The third kappa shape index (κ3) is 3.79. The summed E-state index contributed by atoms with van der Waals surface area (Å²) in [6.45, 7) is 0.444. The van der Waals surface area contributed by atoms with Crippen molar-refractivity contribution in [3.05, 3.63) is 84.9 Å². The Morgan fingerprint density at radius 1 is 0.741 bits per heavy atom. The van der Waals surface area contributed by atoms with Gasteiger partial charge in [0.15, 0.2) is 0 Å². The van der Waals surface area contributed by atoms with E-state index in [-0.39, 0.29) is 18.0 Å². The summed E-state index contributed by atoms with van der Waals surface area (Å²) in [6, 6.07) is 26.6. The number of ether oxygens (including phenoxy) is 1. The smallest absolute Gasteiger partial charge is 0.240 e. The first-order valence-electron chi connectivity index (χ1n) is 8.72. The highest BCUT2D eigenvalue weighted by molar-refractivity contribution is 7.89. The molecular formula is C22H19NO3S. The first-order valence-corrected chi connectivity index (χ1v) is 10.2. The molecule has 0 unspecified atom stereocenters. The van der Waals surface area contributed by atoms with Gasteiger partial charge in [-0.2, -0.15) is 0 Å². The third-order valence-electron chi connectivity index (χ3n) is 4.43. The Kier molecular flexibility index (Phi) is 4.79. The Balaban J connectivity index is 1.43. The molecule has 0 aromatic heterocycles. The van der Waals surface area contributed by atoms with E-state index >= 15 is 0 Å². The van der Waals surface area contributed by atoms with Crippen LogP contribution in [0.25, 0.3) is 21.5 Å². The Hall–Kier alpha value is -2.89. The maximum absolute atomic E-state index is 12.5. The van der Waals surface area contributed by atoms with E-state index < -0.39 is 10.0 Å². The van der Waals surface area contributed by atoms with Crippen LogP contribution in [0.4, 0.5) is 0 Å². The molecule has 136 valence electrons. The fourth-order valence-electron chi connectivity index (χ4n) is 3.08. The Morgan fingerprint density at radius 2 is 1.44 bits per heavy atom. The minimum Gasteiger partial charge on any atom is -0.492 e. The number of hydrogen-bond donors (Lipinski definition) is 1. The summed E-state index contributed by atoms with van der Waals surface area (Å²) in [5.41, 5.74) is 0. The highest BCUT2D eigenvalue weighted by Gasteiger charge is 2.14. The topological polar surface area (TPSA) is 55.4 Å². The van der Waals surface area contributed by atoms with Crippen molar-refractivity contribution in [1.29, 1.82) is 0 Å². The van der Waals surface area contributed by atoms with Gasteiger partial charge in [-0.1, -0.05) is 66.7 Å². The van der Waals surface area contributed by atoms with E-state index in [1.54, 1.807) is 12.1 Å². The van der Waals surface area contributed by atoms with E-state index in [1.807, 2.05) is 72.8 Å². The number of rotatable bonds is 6. The van der Waals surface area contributed by atoms with E-state index in [2.05, 4.69) is 4.72 Å². The Labute approximate surface area is 158 Å². The summed E-state index contributed by atoms with van der Waals surface area (Å²) in [6.07, 6.45) is 0. The molecule has 4 aromatic rings. The zero-order chi connectivity index (χ0) is 18.7. The molecule has 0 aliphatic rings. The molecule has 0 saturated carbocycles. The quantitative estimate of drug-likeness (QED) is 0.508. The molecular weight excluding hydrogens is 358 g/mol. The second-order valence-corrected chi connectivity index (χ2v) is 8.00. The van der Waals surface area contributed by atoms with E-state index in [1.165, 1.54) is 0 Å². The summed E-state index contributed by atoms with van der Waals surface area (Å²) in [5.74, 6) is 0.748. The Bertz CT molecular complexity index is 1200. The normalized spacial score (nSPS) is 11.7. The van der Waals surface area contributed by atoms with Crippen LogP contribution in [0.3, 0.4) is 0 Å².